The van der Waals surface area contributed by atoms with Gasteiger partial charge in [-0.25, -0.2) is 9.38 Å². The summed E-state index contributed by atoms with van der Waals surface area (Å²) in [5.74, 6) is -0.285. The minimum atomic E-state index is -0.652. The van der Waals surface area contributed by atoms with Gasteiger partial charge in [0.05, 0.1) is 6.04 Å². The van der Waals surface area contributed by atoms with Crippen molar-refractivity contribution in [2.24, 2.45) is 4.99 Å². The monoisotopic (exact) mass is 621 g/mol. The molecule has 9 heteroatoms. The van der Waals surface area contributed by atoms with Gasteiger partial charge < -0.3 is 19.4 Å². The SMILES string of the molecule is CCc1ccc(CCC(=O)[C@@H]2CN(C3=NC(C)(C)C(c4ccccc4)O3)CCN2C(=O)[C@@H](CCCCN(C)C)N(C)C)cc1F. The lowest BCUT2D eigenvalue weighted by atomic mass is 9.93. The number of Topliss-reactive ketones (excluding diaryl/α,β-unsaturated/α-hetero) is 1. The van der Waals surface area contributed by atoms with Crippen LogP contribution >= 0.6 is 0 Å². The number of rotatable bonds is 13. The Labute approximate surface area is 269 Å². The highest BCUT2D eigenvalue weighted by Gasteiger charge is 2.44. The highest BCUT2D eigenvalue weighted by Crippen LogP contribution is 2.38. The van der Waals surface area contributed by atoms with Crippen LogP contribution in [0.5, 0.6) is 0 Å². The molecule has 3 atom stereocenters. The van der Waals surface area contributed by atoms with Gasteiger partial charge in [0.25, 0.3) is 6.02 Å². The third-order valence-electron chi connectivity index (χ3n) is 9.06. The van der Waals surface area contributed by atoms with E-state index in [0.29, 0.717) is 44.1 Å². The summed E-state index contributed by atoms with van der Waals surface area (Å²) >= 11 is 0. The van der Waals surface area contributed by atoms with Crippen LogP contribution < -0.4 is 0 Å². The molecule has 1 unspecified atom stereocenters. The summed E-state index contributed by atoms with van der Waals surface area (Å²) in [5, 5.41) is 0. The first kappa shape index (κ1) is 34.6. The van der Waals surface area contributed by atoms with Gasteiger partial charge in [0.1, 0.15) is 17.4 Å². The fourth-order valence-electron chi connectivity index (χ4n) is 6.35. The van der Waals surface area contributed by atoms with Gasteiger partial charge in [-0.2, -0.15) is 0 Å². The lowest BCUT2D eigenvalue weighted by molar-refractivity contribution is -0.146. The van der Waals surface area contributed by atoms with Gasteiger partial charge in [0, 0.05) is 26.1 Å². The summed E-state index contributed by atoms with van der Waals surface area (Å²) in [7, 11) is 7.97. The maximum atomic E-state index is 14.5. The molecule has 0 aliphatic carbocycles. The first-order valence-corrected chi connectivity index (χ1v) is 16.4. The van der Waals surface area contributed by atoms with Crippen molar-refractivity contribution >= 4 is 17.7 Å². The minimum Gasteiger partial charge on any atom is -0.454 e. The fraction of sp³-hybridized carbons (Fsp3) is 0.583. The Morgan fingerprint density at radius 3 is 2.44 bits per heavy atom. The molecule has 0 radical (unpaired) electrons. The maximum Gasteiger partial charge on any atom is 0.288 e. The van der Waals surface area contributed by atoms with Crippen molar-refractivity contribution in [1.29, 1.82) is 0 Å². The van der Waals surface area contributed by atoms with E-state index in [0.717, 1.165) is 36.9 Å². The van der Waals surface area contributed by atoms with E-state index in [4.69, 9.17) is 9.73 Å². The van der Waals surface area contributed by atoms with Gasteiger partial charge in [-0.15, -0.1) is 0 Å². The van der Waals surface area contributed by atoms with Gasteiger partial charge in [-0.05, 0) is 97.0 Å². The second-order valence-electron chi connectivity index (χ2n) is 13.5. The Morgan fingerprint density at radius 2 is 1.80 bits per heavy atom. The van der Waals surface area contributed by atoms with E-state index in [1.54, 1.807) is 11.0 Å². The van der Waals surface area contributed by atoms with Crippen LogP contribution in [0.3, 0.4) is 0 Å². The van der Waals surface area contributed by atoms with Gasteiger partial charge in [0.15, 0.2) is 11.9 Å². The number of amides is 1. The van der Waals surface area contributed by atoms with Gasteiger partial charge in [-0.1, -0.05) is 55.8 Å². The Balaban J connectivity index is 1.53. The average Bonchev–Trinajstić information content (AvgIpc) is 3.34. The van der Waals surface area contributed by atoms with Crippen LogP contribution in [0.1, 0.15) is 69.2 Å². The molecule has 2 aliphatic heterocycles. The number of ether oxygens (including phenoxy) is 1. The summed E-state index contributed by atoms with van der Waals surface area (Å²) in [6.45, 7) is 8.24. The number of piperazine rings is 1. The van der Waals surface area contributed by atoms with Gasteiger partial charge >= 0.3 is 0 Å². The molecule has 2 heterocycles. The smallest absolute Gasteiger partial charge is 0.288 e. The quantitative estimate of drug-likeness (QED) is 0.294. The van der Waals surface area contributed by atoms with Gasteiger partial charge in [0.2, 0.25) is 5.91 Å². The van der Waals surface area contributed by atoms with Crippen molar-refractivity contribution in [3.63, 3.8) is 0 Å². The number of nitrogens with zero attached hydrogens (tertiary/aromatic N) is 5. The number of aliphatic imine (C=N–C) groups is 1. The standard InChI is InChI=1S/C36H52FN5O3/c1-8-27-19-17-26(24-29(27)37)18-20-32(43)31-25-41(35-38-36(2,3)33(45-35)28-14-10-9-11-15-28)22-23-42(31)34(44)30(40(6)7)16-12-13-21-39(4)5/h9-11,14-15,17,19,24,30-31,33H,8,12-13,16,18,20-23,25H2,1-7H3/t30-,31+,33?/m1/s1. The van der Waals surface area contributed by atoms with E-state index < -0.39 is 11.6 Å². The number of unbranched alkanes of at least 4 members (excludes halogenated alkanes) is 1. The van der Waals surface area contributed by atoms with E-state index in [1.165, 1.54) is 6.07 Å². The Morgan fingerprint density at radius 1 is 1.07 bits per heavy atom. The Kier molecular flexibility index (Phi) is 11.8. The van der Waals surface area contributed by atoms with E-state index in [-0.39, 0.29) is 36.1 Å². The Hall–Kier alpha value is -3.30. The second kappa shape index (κ2) is 15.3. The van der Waals surface area contributed by atoms with Crippen LogP contribution in [0.4, 0.5) is 4.39 Å². The molecular formula is C36H52FN5O3. The number of halogens is 1. The van der Waals surface area contributed by atoms with Crippen LogP contribution in [0, 0.1) is 5.82 Å². The van der Waals surface area contributed by atoms with Crippen molar-refractivity contribution in [3.05, 3.63) is 71.0 Å². The summed E-state index contributed by atoms with van der Waals surface area (Å²) in [6, 6.07) is 14.8. The molecule has 8 nitrogen and oxygen atoms in total. The zero-order chi connectivity index (χ0) is 32.7. The molecule has 0 saturated carbocycles. The molecule has 1 amide bonds. The number of amidine groups is 1. The fourth-order valence-corrected chi connectivity index (χ4v) is 6.35. The number of hydrogen-bond acceptors (Lipinski definition) is 7. The van der Waals surface area contributed by atoms with Crippen molar-refractivity contribution in [3.8, 4) is 0 Å². The number of likely N-dealkylation sites (N-methyl/N-ethyl adjacent to an activating group) is 1. The second-order valence-corrected chi connectivity index (χ2v) is 13.5. The molecule has 2 aliphatic rings. The van der Waals surface area contributed by atoms with Crippen LogP contribution in [0.15, 0.2) is 53.5 Å². The predicted molar refractivity (Wildman–Crippen MR) is 178 cm³/mol. The summed E-state index contributed by atoms with van der Waals surface area (Å²) in [6.07, 6.45) is 3.66. The van der Waals surface area contributed by atoms with Crippen LogP contribution in [0.25, 0.3) is 0 Å². The normalized spacial score (nSPS) is 20.4. The summed E-state index contributed by atoms with van der Waals surface area (Å²) in [4.78, 5) is 41.0. The first-order valence-electron chi connectivity index (χ1n) is 16.4. The third kappa shape index (κ3) is 8.70. The molecule has 0 spiro atoms. The molecule has 1 fully saturated rings. The molecule has 45 heavy (non-hydrogen) atoms. The first-order chi connectivity index (χ1) is 21.4. The van der Waals surface area contributed by atoms with Gasteiger partial charge in [-0.3, -0.25) is 14.5 Å². The average molecular weight is 622 g/mol. The van der Waals surface area contributed by atoms with E-state index in [1.807, 2.05) is 67.2 Å². The highest BCUT2D eigenvalue weighted by atomic mass is 19.1. The number of carbonyl (C=O) groups excluding carboxylic acids is 2. The van der Waals surface area contributed by atoms with Crippen molar-refractivity contribution < 1.29 is 18.7 Å². The predicted octanol–water partition coefficient (Wildman–Crippen LogP) is 4.97. The molecule has 0 aromatic heterocycles. The zero-order valence-electron chi connectivity index (χ0n) is 28.3. The molecule has 1 saturated heterocycles. The summed E-state index contributed by atoms with van der Waals surface area (Å²) in [5.41, 5.74) is 2.01. The zero-order valence-corrected chi connectivity index (χ0v) is 28.3. The van der Waals surface area contributed by atoms with E-state index in [9.17, 15) is 14.0 Å². The molecule has 4 rings (SSSR count). The number of hydrogen-bond donors (Lipinski definition) is 0. The number of ketones is 1. The van der Waals surface area contributed by atoms with Crippen LogP contribution in [0.2, 0.25) is 0 Å². The molecular weight excluding hydrogens is 569 g/mol. The summed E-state index contributed by atoms with van der Waals surface area (Å²) < 4.78 is 21.0. The van der Waals surface area contributed by atoms with Crippen LogP contribution in [-0.2, 0) is 27.2 Å². The molecule has 0 N–H and O–H groups in total. The molecule has 2 aromatic rings. The minimum absolute atomic E-state index is 0.0158. The Bertz CT molecular complexity index is 1330. The highest BCUT2D eigenvalue weighted by molar-refractivity contribution is 5.92. The lowest BCUT2D eigenvalue weighted by Crippen LogP contribution is -2.62. The third-order valence-corrected chi connectivity index (χ3v) is 9.06. The number of carbonyl (C=O) groups is 2. The largest absolute Gasteiger partial charge is 0.454 e. The van der Waals surface area contributed by atoms with E-state index in [2.05, 4.69) is 32.8 Å². The lowest BCUT2D eigenvalue weighted by Gasteiger charge is -2.43. The number of benzene rings is 2. The molecule has 2 aromatic carbocycles. The van der Waals surface area contributed by atoms with Crippen molar-refractivity contribution in [2.75, 3.05) is 54.4 Å². The topological polar surface area (TPSA) is 68.7 Å². The van der Waals surface area contributed by atoms with Crippen molar-refractivity contribution in [2.45, 2.75) is 83.0 Å². The van der Waals surface area contributed by atoms with E-state index >= 15 is 0 Å². The molecule has 0 bridgehead atoms. The number of aryl methyl sites for hydroxylation is 2. The van der Waals surface area contributed by atoms with Crippen molar-refractivity contribution in [1.82, 2.24) is 19.6 Å². The molecule has 246 valence electrons. The maximum absolute atomic E-state index is 14.5. The van der Waals surface area contributed by atoms with Crippen LogP contribution in [-0.4, -0.2) is 109 Å².